The molecule has 0 N–H and O–H groups in total. The first kappa shape index (κ1) is 7.84. The average molecular weight is 137 g/mol. The molecule has 1 rings (SSSR count). The largest absolute Gasteiger partial charge is 0.0882 e. The second-order valence-corrected chi connectivity index (χ2v) is 3.17. The summed E-state index contributed by atoms with van der Waals surface area (Å²) in [6.07, 6.45) is 10.0. The maximum Gasteiger partial charge on any atom is -0.0174 e. The molecule has 1 atom stereocenters. The lowest BCUT2D eigenvalue weighted by molar-refractivity contribution is 0.535. The van der Waals surface area contributed by atoms with E-state index in [0.717, 1.165) is 5.92 Å². The van der Waals surface area contributed by atoms with Crippen molar-refractivity contribution in [2.75, 3.05) is 0 Å². The molecule has 0 aromatic heterocycles. The van der Waals surface area contributed by atoms with Crippen molar-refractivity contribution in [2.45, 2.75) is 39.5 Å². The van der Waals surface area contributed by atoms with Crippen molar-refractivity contribution in [2.24, 2.45) is 5.92 Å². The summed E-state index contributed by atoms with van der Waals surface area (Å²) in [6, 6.07) is 0. The molecule has 0 amide bonds. The summed E-state index contributed by atoms with van der Waals surface area (Å²) < 4.78 is 0. The molecule has 0 saturated carbocycles. The van der Waals surface area contributed by atoms with Gasteiger partial charge in [-0.15, -0.1) is 0 Å². The predicted octanol–water partition coefficient (Wildman–Crippen LogP) is 3.35. The molecule has 1 radical (unpaired) electrons. The van der Waals surface area contributed by atoms with Crippen LogP contribution in [0.4, 0.5) is 0 Å². The van der Waals surface area contributed by atoms with Crippen LogP contribution in [0.15, 0.2) is 12.2 Å². The van der Waals surface area contributed by atoms with Crippen molar-refractivity contribution in [1.29, 1.82) is 0 Å². The van der Waals surface area contributed by atoms with Crippen LogP contribution in [0, 0.1) is 11.8 Å². The molecule has 0 fully saturated rings. The Hall–Kier alpha value is -0.260. The fraction of sp³-hybridized carbons (Fsp3) is 0.700. The summed E-state index contributed by atoms with van der Waals surface area (Å²) in [5.74, 6) is 2.45. The third kappa shape index (κ3) is 1.86. The smallest absolute Gasteiger partial charge is 0.0174 e. The van der Waals surface area contributed by atoms with E-state index in [1.165, 1.54) is 25.7 Å². The van der Waals surface area contributed by atoms with Gasteiger partial charge >= 0.3 is 0 Å². The van der Waals surface area contributed by atoms with Crippen LogP contribution in [0.1, 0.15) is 39.5 Å². The zero-order valence-electron chi connectivity index (χ0n) is 7.06. The van der Waals surface area contributed by atoms with Gasteiger partial charge in [0.25, 0.3) is 0 Å². The van der Waals surface area contributed by atoms with Gasteiger partial charge < -0.3 is 0 Å². The summed E-state index contributed by atoms with van der Waals surface area (Å²) in [4.78, 5) is 0. The molecule has 0 nitrogen and oxygen atoms in total. The van der Waals surface area contributed by atoms with Gasteiger partial charge in [-0.25, -0.2) is 0 Å². The lowest BCUT2D eigenvalue weighted by atomic mass is 9.84. The molecule has 0 aromatic carbocycles. The summed E-state index contributed by atoms with van der Waals surface area (Å²) in [5.41, 5.74) is 0. The quantitative estimate of drug-likeness (QED) is 0.512. The molecule has 0 saturated heterocycles. The third-order valence-electron chi connectivity index (χ3n) is 2.44. The summed E-state index contributed by atoms with van der Waals surface area (Å²) >= 11 is 0. The van der Waals surface area contributed by atoms with Crippen molar-refractivity contribution in [3.05, 3.63) is 18.1 Å². The number of hydrogen-bond acceptors (Lipinski definition) is 0. The topological polar surface area (TPSA) is 0 Å². The van der Waals surface area contributed by atoms with Gasteiger partial charge in [-0.3, -0.25) is 0 Å². The van der Waals surface area contributed by atoms with Gasteiger partial charge in [-0.05, 0) is 37.5 Å². The van der Waals surface area contributed by atoms with Crippen LogP contribution in [0.25, 0.3) is 0 Å². The first-order valence-corrected chi connectivity index (χ1v) is 4.33. The Kier molecular flexibility index (Phi) is 2.98. The van der Waals surface area contributed by atoms with Gasteiger partial charge in [0, 0.05) is 0 Å². The average Bonchev–Trinajstić information content (AvgIpc) is 2.05. The standard InChI is InChI=1S/C10H17/c1-3-9(2)10-7-5-4-6-8-10/h5,7,10H,3-4,6,8H2,1-2H3. The van der Waals surface area contributed by atoms with Gasteiger partial charge in [0.1, 0.15) is 0 Å². The van der Waals surface area contributed by atoms with E-state index in [4.69, 9.17) is 0 Å². The Bertz CT molecular complexity index is 113. The monoisotopic (exact) mass is 137 g/mol. The van der Waals surface area contributed by atoms with Crippen LogP contribution in [-0.4, -0.2) is 0 Å². The maximum absolute atomic E-state index is 2.38. The van der Waals surface area contributed by atoms with Gasteiger partial charge in [-0.2, -0.15) is 0 Å². The highest BCUT2D eigenvalue weighted by Crippen LogP contribution is 2.27. The Morgan fingerprint density at radius 1 is 1.60 bits per heavy atom. The minimum absolute atomic E-state index is 0.804. The van der Waals surface area contributed by atoms with Crippen molar-refractivity contribution in [3.63, 3.8) is 0 Å². The molecule has 57 valence electrons. The van der Waals surface area contributed by atoms with E-state index < -0.39 is 0 Å². The summed E-state index contributed by atoms with van der Waals surface area (Å²) in [5, 5.41) is 0. The molecule has 0 spiro atoms. The van der Waals surface area contributed by atoms with Crippen LogP contribution >= 0.6 is 0 Å². The van der Waals surface area contributed by atoms with Crippen LogP contribution in [0.5, 0.6) is 0 Å². The lowest BCUT2D eigenvalue weighted by Crippen LogP contribution is -2.08. The van der Waals surface area contributed by atoms with E-state index >= 15 is 0 Å². The molecule has 0 bridgehead atoms. The van der Waals surface area contributed by atoms with Crippen molar-refractivity contribution < 1.29 is 0 Å². The van der Waals surface area contributed by atoms with Crippen molar-refractivity contribution >= 4 is 0 Å². The summed E-state index contributed by atoms with van der Waals surface area (Å²) in [7, 11) is 0. The van der Waals surface area contributed by atoms with E-state index in [0.29, 0.717) is 0 Å². The molecule has 0 heterocycles. The minimum Gasteiger partial charge on any atom is -0.0882 e. The Morgan fingerprint density at radius 3 is 2.90 bits per heavy atom. The molecule has 1 aliphatic rings. The Morgan fingerprint density at radius 2 is 2.40 bits per heavy atom. The fourth-order valence-electron chi connectivity index (χ4n) is 1.49. The maximum atomic E-state index is 2.38. The van der Waals surface area contributed by atoms with E-state index in [2.05, 4.69) is 26.0 Å². The fourth-order valence-corrected chi connectivity index (χ4v) is 1.49. The van der Waals surface area contributed by atoms with Gasteiger partial charge in [0.05, 0.1) is 0 Å². The van der Waals surface area contributed by atoms with Crippen LogP contribution < -0.4 is 0 Å². The number of hydrogen-bond donors (Lipinski definition) is 0. The highest BCUT2D eigenvalue weighted by Gasteiger charge is 2.14. The second-order valence-electron chi connectivity index (χ2n) is 3.17. The third-order valence-corrected chi connectivity index (χ3v) is 2.44. The van der Waals surface area contributed by atoms with Gasteiger partial charge in [0.2, 0.25) is 0 Å². The predicted molar refractivity (Wildman–Crippen MR) is 45.7 cm³/mol. The van der Waals surface area contributed by atoms with Crippen LogP contribution in [-0.2, 0) is 0 Å². The van der Waals surface area contributed by atoms with E-state index in [9.17, 15) is 0 Å². The normalized spacial score (nSPS) is 25.7. The molecule has 1 unspecified atom stereocenters. The number of allylic oxidation sites excluding steroid dienone is 2. The van der Waals surface area contributed by atoms with Crippen molar-refractivity contribution in [1.82, 2.24) is 0 Å². The minimum atomic E-state index is 0.804. The molecular weight excluding hydrogens is 120 g/mol. The molecular formula is C10H17. The molecule has 0 aromatic rings. The van der Waals surface area contributed by atoms with Gasteiger partial charge in [-0.1, -0.05) is 26.0 Å². The van der Waals surface area contributed by atoms with Gasteiger partial charge in [0.15, 0.2) is 0 Å². The van der Waals surface area contributed by atoms with Crippen molar-refractivity contribution in [3.8, 4) is 0 Å². The second kappa shape index (κ2) is 3.80. The molecule has 1 aliphatic carbocycles. The first-order chi connectivity index (χ1) is 4.84. The molecule has 0 aliphatic heterocycles. The Labute approximate surface area is 64.3 Å². The van der Waals surface area contributed by atoms with Crippen LogP contribution in [0.3, 0.4) is 0 Å². The molecule has 10 heavy (non-hydrogen) atoms. The highest BCUT2D eigenvalue weighted by molar-refractivity contribution is 5.05. The highest BCUT2D eigenvalue weighted by atomic mass is 14.2. The molecule has 0 heteroatoms. The number of rotatable bonds is 2. The zero-order valence-corrected chi connectivity index (χ0v) is 7.06. The van der Waals surface area contributed by atoms with E-state index in [-0.39, 0.29) is 0 Å². The van der Waals surface area contributed by atoms with Crippen LogP contribution in [0.2, 0.25) is 0 Å². The summed E-state index contributed by atoms with van der Waals surface area (Å²) in [6.45, 7) is 4.53. The van der Waals surface area contributed by atoms with E-state index in [1.807, 2.05) is 0 Å². The van der Waals surface area contributed by atoms with E-state index in [1.54, 1.807) is 5.92 Å². The first-order valence-electron chi connectivity index (χ1n) is 4.33. The zero-order chi connectivity index (χ0) is 7.40. The SMILES string of the molecule is CC[C](C)C1C=CCCC1. The Balaban J connectivity index is 2.38. The lowest BCUT2D eigenvalue weighted by Gasteiger charge is -2.21.